The molecule has 1 saturated heterocycles. The first-order valence-electron chi connectivity index (χ1n) is 4.59. The second-order valence-electron chi connectivity index (χ2n) is 3.27. The zero-order chi connectivity index (χ0) is 10.7. The summed E-state index contributed by atoms with van der Waals surface area (Å²) in [7, 11) is 0. The first-order valence-corrected chi connectivity index (χ1v) is 4.59. The topological polar surface area (TPSA) is 84.0 Å². The van der Waals surface area contributed by atoms with Crippen molar-refractivity contribution in [2.45, 2.75) is 12.5 Å². The highest BCUT2D eigenvalue weighted by molar-refractivity contribution is 5.92. The lowest BCUT2D eigenvalue weighted by Crippen LogP contribution is -2.36. The highest BCUT2D eigenvalue weighted by atomic mass is 16.2. The van der Waals surface area contributed by atoms with Gasteiger partial charge < -0.3 is 10.6 Å². The van der Waals surface area contributed by atoms with Crippen molar-refractivity contribution >= 4 is 11.8 Å². The zero-order valence-electron chi connectivity index (χ0n) is 7.93. The summed E-state index contributed by atoms with van der Waals surface area (Å²) in [6.45, 7) is 0.477. The predicted octanol–water partition coefficient (Wildman–Crippen LogP) is -0.905. The fourth-order valence-corrected chi connectivity index (χ4v) is 1.38. The number of carbonyl (C=O) groups excluding carboxylic acids is 2. The van der Waals surface area contributed by atoms with Gasteiger partial charge in [0.2, 0.25) is 5.91 Å². The quantitative estimate of drug-likeness (QED) is 0.656. The van der Waals surface area contributed by atoms with E-state index in [0.717, 1.165) is 0 Å². The molecule has 15 heavy (non-hydrogen) atoms. The lowest BCUT2D eigenvalue weighted by molar-refractivity contribution is -0.119. The fraction of sp³-hybridized carbons (Fsp3) is 0.333. The monoisotopic (exact) mass is 206 g/mol. The summed E-state index contributed by atoms with van der Waals surface area (Å²) in [5, 5.41) is 5.34. The van der Waals surface area contributed by atoms with Crippen molar-refractivity contribution in [3.63, 3.8) is 0 Å². The van der Waals surface area contributed by atoms with Crippen LogP contribution < -0.4 is 10.6 Å². The number of hydrogen-bond donors (Lipinski definition) is 2. The van der Waals surface area contributed by atoms with Gasteiger partial charge in [-0.05, 0) is 0 Å². The van der Waals surface area contributed by atoms with Crippen LogP contribution in [0.4, 0.5) is 0 Å². The van der Waals surface area contributed by atoms with Gasteiger partial charge in [-0.2, -0.15) is 0 Å². The van der Waals surface area contributed by atoms with E-state index in [1.165, 1.54) is 18.6 Å². The predicted molar refractivity (Wildman–Crippen MR) is 50.9 cm³/mol. The van der Waals surface area contributed by atoms with E-state index >= 15 is 0 Å². The molecule has 1 fully saturated rings. The Morgan fingerprint density at radius 2 is 2.40 bits per heavy atom. The third-order valence-electron chi connectivity index (χ3n) is 2.11. The number of hydrogen-bond acceptors (Lipinski definition) is 4. The maximum absolute atomic E-state index is 11.6. The molecule has 0 spiro atoms. The Kier molecular flexibility index (Phi) is 2.57. The molecule has 2 N–H and O–H groups in total. The van der Waals surface area contributed by atoms with E-state index in [1.807, 2.05) is 0 Å². The molecule has 2 amide bonds. The molecule has 0 aliphatic carbocycles. The molecule has 78 valence electrons. The lowest BCUT2D eigenvalue weighted by atomic mass is 10.2. The molecule has 6 heteroatoms. The minimum atomic E-state index is -0.301. The van der Waals surface area contributed by atoms with Gasteiger partial charge in [-0.15, -0.1) is 0 Å². The van der Waals surface area contributed by atoms with Crippen LogP contribution in [0, 0.1) is 0 Å². The second-order valence-corrected chi connectivity index (χ2v) is 3.27. The van der Waals surface area contributed by atoms with Gasteiger partial charge in [0.1, 0.15) is 5.69 Å². The first kappa shape index (κ1) is 9.57. The molecular weight excluding hydrogens is 196 g/mol. The SMILES string of the molecule is O=C1C[C@H](NC(=O)c2cnccn2)CN1. The molecule has 1 atom stereocenters. The number of amides is 2. The van der Waals surface area contributed by atoms with E-state index in [2.05, 4.69) is 20.6 Å². The minimum absolute atomic E-state index is 0.0422. The Balaban J connectivity index is 1.96. The first-order chi connectivity index (χ1) is 7.25. The summed E-state index contributed by atoms with van der Waals surface area (Å²) in [4.78, 5) is 30.1. The fourth-order valence-electron chi connectivity index (χ4n) is 1.38. The summed E-state index contributed by atoms with van der Waals surface area (Å²) in [5.41, 5.74) is 0.261. The van der Waals surface area contributed by atoms with Crippen LogP contribution in [-0.2, 0) is 4.79 Å². The van der Waals surface area contributed by atoms with E-state index < -0.39 is 0 Å². The van der Waals surface area contributed by atoms with Gasteiger partial charge in [0, 0.05) is 25.4 Å². The molecule has 1 aliphatic heterocycles. The van der Waals surface area contributed by atoms with Gasteiger partial charge in [-0.3, -0.25) is 14.6 Å². The third-order valence-corrected chi connectivity index (χ3v) is 2.11. The maximum Gasteiger partial charge on any atom is 0.271 e. The van der Waals surface area contributed by atoms with Crippen LogP contribution in [0.15, 0.2) is 18.6 Å². The normalized spacial score (nSPS) is 19.7. The standard InChI is InChI=1S/C9H10N4O2/c14-8-3-6(4-12-8)13-9(15)7-5-10-1-2-11-7/h1-2,5-6H,3-4H2,(H,12,14)(H,13,15)/t6-/m0/s1. The molecule has 0 unspecified atom stereocenters. The number of nitrogens with zero attached hydrogens (tertiary/aromatic N) is 2. The van der Waals surface area contributed by atoms with Gasteiger partial charge in [0.25, 0.3) is 5.91 Å². The van der Waals surface area contributed by atoms with E-state index in [0.29, 0.717) is 13.0 Å². The average molecular weight is 206 g/mol. The zero-order valence-corrected chi connectivity index (χ0v) is 7.93. The Bertz CT molecular complexity index is 379. The van der Waals surface area contributed by atoms with E-state index in [9.17, 15) is 9.59 Å². The molecular formula is C9H10N4O2. The molecule has 1 aromatic heterocycles. The molecule has 0 saturated carbocycles. The van der Waals surface area contributed by atoms with E-state index in [-0.39, 0.29) is 23.6 Å². The van der Waals surface area contributed by atoms with Crippen molar-refractivity contribution in [2.24, 2.45) is 0 Å². The number of nitrogens with one attached hydrogen (secondary N) is 2. The number of carbonyl (C=O) groups is 2. The molecule has 2 rings (SSSR count). The smallest absolute Gasteiger partial charge is 0.271 e. The number of rotatable bonds is 2. The number of aromatic nitrogens is 2. The molecule has 1 aliphatic rings. The highest BCUT2D eigenvalue weighted by Gasteiger charge is 2.23. The van der Waals surface area contributed by atoms with Crippen molar-refractivity contribution in [3.05, 3.63) is 24.3 Å². The van der Waals surface area contributed by atoms with Crippen LogP contribution in [0.2, 0.25) is 0 Å². The Hall–Kier alpha value is -1.98. The molecule has 6 nitrogen and oxygen atoms in total. The Labute approximate surface area is 86.1 Å². The summed E-state index contributed by atoms with van der Waals surface area (Å²) < 4.78 is 0. The molecule has 0 aromatic carbocycles. The minimum Gasteiger partial charge on any atom is -0.354 e. The molecule has 1 aromatic rings. The van der Waals surface area contributed by atoms with E-state index in [1.54, 1.807) is 0 Å². The molecule has 0 radical (unpaired) electrons. The van der Waals surface area contributed by atoms with Crippen LogP contribution in [0.3, 0.4) is 0 Å². The molecule has 0 bridgehead atoms. The maximum atomic E-state index is 11.6. The van der Waals surface area contributed by atoms with Crippen molar-refractivity contribution < 1.29 is 9.59 Å². The largest absolute Gasteiger partial charge is 0.354 e. The van der Waals surface area contributed by atoms with Crippen molar-refractivity contribution in [1.29, 1.82) is 0 Å². The summed E-state index contributed by atoms with van der Waals surface area (Å²) >= 11 is 0. The van der Waals surface area contributed by atoms with Crippen molar-refractivity contribution in [1.82, 2.24) is 20.6 Å². The lowest BCUT2D eigenvalue weighted by Gasteiger charge is -2.08. The van der Waals surface area contributed by atoms with Gasteiger partial charge >= 0.3 is 0 Å². The second kappa shape index (κ2) is 4.04. The van der Waals surface area contributed by atoms with Gasteiger partial charge in [0.15, 0.2) is 0 Å². The summed E-state index contributed by atoms with van der Waals surface area (Å²) in [5.74, 6) is -0.343. The van der Waals surface area contributed by atoms with Gasteiger partial charge in [-0.25, -0.2) is 4.98 Å². The van der Waals surface area contributed by atoms with Crippen LogP contribution in [-0.4, -0.2) is 34.4 Å². The van der Waals surface area contributed by atoms with Crippen LogP contribution in [0.25, 0.3) is 0 Å². The average Bonchev–Trinajstić information content (AvgIpc) is 2.65. The highest BCUT2D eigenvalue weighted by Crippen LogP contribution is 2.00. The van der Waals surface area contributed by atoms with Crippen molar-refractivity contribution in [3.8, 4) is 0 Å². The summed E-state index contributed by atoms with van der Waals surface area (Å²) in [6, 6.07) is -0.146. The Morgan fingerprint density at radius 1 is 1.53 bits per heavy atom. The summed E-state index contributed by atoms with van der Waals surface area (Å²) in [6.07, 6.45) is 4.66. The Morgan fingerprint density at radius 3 is 3.00 bits per heavy atom. The molecule has 2 heterocycles. The van der Waals surface area contributed by atoms with Crippen LogP contribution >= 0.6 is 0 Å². The third kappa shape index (κ3) is 2.28. The van der Waals surface area contributed by atoms with Crippen LogP contribution in [0.1, 0.15) is 16.9 Å². The van der Waals surface area contributed by atoms with E-state index in [4.69, 9.17) is 0 Å². The van der Waals surface area contributed by atoms with Crippen molar-refractivity contribution in [2.75, 3.05) is 6.54 Å². The van der Waals surface area contributed by atoms with Gasteiger partial charge in [0.05, 0.1) is 12.2 Å². The van der Waals surface area contributed by atoms with Gasteiger partial charge in [-0.1, -0.05) is 0 Å². The van der Waals surface area contributed by atoms with Crippen LogP contribution in [0.5, 0.6) is 0 Å².